The first-order chi connectivity index (χ1) is 13.1. The van der Waals surface area contributed by atoms with E-state index in [2.05, 4.69) is 10.5 Å². The van der Waals surface area contributed by atoms with E-state index < -0.39 is 10.0 Å². The number of amides is 1. The Hall–Kier alpha value is -2.19. The second-order valence-corrected chi connectivity index (χ2v) is 10.2. The zero-order valence-corrected chi connectivity index (χ0v) is 17.5. The van der Waals surface area contributed by atoms with Gasteiger partial charge in [-0.3, -0.25) is 4.79 Å². The lowest BCUT2D eigenvalue weighted by Gasteiger charge is -2.30. The van der Waals surface area contributed by atoms with Crippen LogP contribution in [0.15, 0.2) is 39.8 Å². The number of benzene rings is 1. The molecule has 2 heterocycles. The number of carbonyl (C=O) groups excluding carboxylic acids is 1. The lowest BCUT2D eigenvalue weighted by atomic mass is 9.93. The number of rotatable bonds is 4. The molecular weight excluding hydrogens is 378 g/mol. The van der Waals surface area contributed by atoms with Gasteiger partial charge in [-0.2, -0.15) is 4.31 Å². The van der Waals surface area contributed by atoms with Crippen molar-refractivity contribution in [3.05, 3.63) is 41.7 Å². The number of carbonyl (C=O) groups is 1. The molecule has 0 radical (unpaired) electrons. The van der Waals surface area contributed by atoms with E-state index in [9.17, 15) is 13.2 Å². The van der Waals surface area contributed by atoms with Crippen LogP contribution in [0.2, 0.25) is 0 Å². The summed E-state index contributed by atoms with van der Waals surface area (Å²) < 4.78 is 32.3. The quantitative estimate of drug-likeness (QED) is 0.842. The maximum Gasteiger partial charge on any atom is 0.243 e. The molecule has 1 aromatic heterocycles. The topological polar surface area (TPSA) is 92.5 Å². The van der Waals surface area contributed by atoms with Crippen molar-refractivity contribution in [2.24, 2.45) is 5.92 Å². The molecule has 0 bridgehead atoms. The third kappa shape index (κ3) is 4.44. The number of sulfonamides is 1. The predicted molar refractivity (Wildman–Crippen MR) is 106 cm³/mol. The maximum absolute atomic E-state index is 12.8. The van der Waals surface area contributed by atoms with Crippen molar-refractivity contribution in [3.8, 4) is 0 Å². The summed E-state index contributed by atoms with van der Waals surface area (Å²) in [5, 5.41) is 6.69. The molecule has 1 N–H and O–H groups in total. The fraction of sp³-hybridized carbons (Fsp3) is 0.500. The van der Waals surface area contributed by atoms with Gasteiger partial charge in [0, 0.05) is 30.5 Å². The fourth-order valence-electron chi connectivity index (χ4n) is 3.13. The zero-order valence-electron chi connectivity index (χ0n) is 16.7. The number of aromatic nitrogens is 1. The van der Waals surface area contributed by atoms with Crippen LogP contribution >= 0.6 is 0 Å². The van der Waals surface area contributed by atoms with E-state index in [1.807, 2.05) is 27.7 Å². The average Bonchev–Trinajstić information content (AvgIpc) is 3.11. The standard InChI is InChI=1S/C20H27N3O4S/c1-14-5-7-16(8-6-14)28(25,26)23-11-9-15(10-12-23)19(24)21-18-13-17(27-22-18)20(2,3)4/h5-8,13,15H,9-12H2,1-4H3,(H,21,22,24). The first kappa shape index (κ1) is 20.5. The van der Waals surface area contributed by atoms with Crippen LogP contribution in [-0.2, 0) is 20.2 Å². The van der Waals surface area contributed by atoms with Crippen molar-refractivity contribution in [1.82, 2.24) is 9.46 Å². The fourth-order valence-corrected chi connectivity index (χ4v) is 4.60. The molecule has 0 unspecified atom stereocenters. The van der Waals surface area contributed by atoms with Crippen molar-refractivity contribution in [3.63, 3.8) is 0 Å². The smallest absolute Gasteiger partial charge is 0.243 e. The minimum Gasteiger partial charge on any atom is -0.359 e. The number of nitrogens with one attached hydrogen (secondary N) is 1. The van der Waals surface area contributed by atoms with Crippen molar-refractivity contribution >= 4 is 21.7 Å². The minimum atomic E-state index is -3.53. The van der Waals surface area contributed by atoms with Gasteiger partial charge in [0.1, 0.15) is 5.76 Å². The number of hydrogen-bond donors (Lipinski definition) is 1. The third-order valence-corrected chi connectivity index (χ3v) is 6.90. The molecule has 3 rings (SSSR count). The first-order valence-electron chi connectivity index (χ1n) is 9.42. The summed E-state index contributed by atoms with van der Waals surface area (Å²) in [6.45, 7) is 8.57. The molecule has 0 atom stereocenters. The van der Waals surface area contributed by atoms with Crippen LogP contribution in [0.1, 0.15) is 44.9 Å². The second kappa shape index (κ2) is 7.67. The summed E-state index contributed by atoms with van der Waals surface area (Å²) in [5.41, 5.74) is 0.822. The monoisotopic (exact) mass is 405 g/mol. The SMILES string of the molecule is Cc1ccc(S(=O)(=O)N2CCC(C(=O)Nc3cc(C(C)(C)C)on3)CC2)cc1. The number of piperidine rings is 1. The largest absolute Gasteiger partial charge is 0.359 e. The Labute approximate surface area is 166 Å². The molecule has 1 aromatic carbocycles. The van der Waals surface area contributed by atoms with Crippen LogP contribution in [0.3, 0.4) is 0 Å². The van der Waals surface area contributed by atoms with Gasteiger partial charge in [0.25, 0.3) is 0 Å². The van der Waals surface area contributed by atoms with Gasteiger partial charge >= 0.3 is 0 Å². The van der Waals surface area contributed by atoms with Crippen molar-refractivity contribution in [2.45, 2.75) is 50.8 Å². The summed E-state index contributed by atoms with van der Waals surface area (Å²) >= 11 is 0. The molecule has 0 spiro atoms. The van der Waals surface area contributed by atoms with Gasteiger partial charge in [-0.15, -0.1) is 0 Å². The Morgan fingerprint density at radius 3 is 2.32 bits per heavy atom. The Balaban J connectivity index is 1.59. The van der Waals surface area contributed by atoms with Crippen LogP contribution in [-0.4, -0.2) is 36.9 Å². The molecule has 7 nitrogen and oxygen atoms in total. The molecule has 1 amide bonds. The van der Waals surface area contributed by atoms with Gasteiger partial charge in [0.15, 0.2) is 5.82 Å². The minimum absolute atomic E-state index is 0.152. The normalized spacial score (nSPS) is 16.9. The Kier molecular flexibility index (Phi) is 5.63. The van der Waals surface area contributed by atoms with E-state index >= 15 is 0 Å². The van der Waals surface area contributed by atoms with E-state index in [0.29, 0.717) is 42.4 Å². The molecule has 1 saturated heterocycles. The van der Waals surface area contributed by atoms with E-state index in [1.165, 1.54) is 4.31 Å². The molecule has 152 valence electrons. The molecule has 28 heavy (non-hydrogen) atoms. The summed E-state index contributed by atoms with van der Waals surface area (Å²) in [7, 11) is -3.53. The molecule has 1 aliphatic heterocycles. The predicted octanol–water partition coefficient (Wildman–Crippen LogP) is 3.32. The molecule has 1 aliphatic rings. The van der Waals surface area contributed by atoms with Crippen LogP contribution in [0.5, 0.6) is 0 Å². The Morgan fingerprint density at radius 1 is 1.18 bits per heavy atom. The van der Waals surface area contributed by atoms with Crippen LogP contribution in [0.25, 0.3) is 0 Å². The molecule has 2 aromatic rings. The van der Waals surface area contributed by atoms with Gasteiger partial charge in [-0.1, -0.05) is 43.6 Å². The first-order valence-corrected chi connectivity index (χ1v) is 10.9. The van der Waals surface area contributed by atoms with Gasteiger partial charge < -0.3 is 9.84 Å². The molecule has 1 fully saturated rings. The summed E-state index contributed by atoms with van der Waals surface area (Å²) in [6, 6.07) is 8.56. The highest BCUT2D eigenvalue weighted by atomic mass is 32.2. The van der Waals surface area contributed by atoms with Crippen LogP contribution < -0.4 is 5.32 Å². The summed E-state index contributed by atoms with van der Waals surface area (Å²) in [6.07, 6.45) is 0.946. The summed E-state index contributed by atoms with van der Waals surface area (Å²) in [5.74, 6) is 0.687. The highest BCUT2D eigenvalue weighted by Crippen LogP contribution is 2.27. The Bertz CT molecular complexity index is 935. The number of aryl methyl sites for hydroxylation is 1. The zero-order chi connectivity index (χ0) is 20.5. The van der Waals surface area contributed by atoms with Crippen molar-refractivity contribution in [2.75, 3.05) is 18.4 Å². The lowest BCUT2D eigenvalue weighted by Crippen LogP contribution is -2.41. The molecule has 0 saturated carbocycles. The molecule has 8 heteroatoms. The van der Waals surface area contributed by atoms with Gasteiger partial charge in [0.2, 0.25) is 15.9 Å². The highest BCUT2D eigenvalue weighted by molar-refractivity contribution is 7.89. The lowest BCUT2D eigenvalue weighted by molar-refractivity contribution is -0.120. The number of anilines is 1. The van der Waals surface area contributed by atoms with Crippen molar-refractivity contribution in [1.29, 1.82) is 0 Å². The van der Waals surface area contributed by atoms with Gasteiger partial charge in [-0.25, -0.2) is 8.42 Å². The number of nitrogens with zero attached hydrogens (tertiary/aromatic N) is 2. The summed E-state index contributed by atoms with van der Waals surface area (Å²) in [4.78, 5) is 12.8. The van der Waals surface area contributed by atoms with Crippen LogP contribution in [0, 0.1) is 12.8 Å². The van der Waals surface area contributed by atoms with Gasteiger partial charge in [0.05, 0.1) is 4.90 Å². The number of hydrogen-bond acceptors (Lipinski definition) is 5. The Morgan fingerprint density at radius 2 is 1.79 bits per heavy atom. The highest BCUT2D eigenvalue weighted by Gasteiger charge is 2.32. The van der Waals surface area contributed by atoms with Crippen LogP contribution in [0.4, 0.5) is 5.82 Å². The van der Waals surface area contributed by atoms with E-state index in [4.69, 9.17) is 4.52 Å². The van der Waals surface area contributed by atoms with E-state index in [1.54, 1.807) is 30.3 Å². The van der Waals surface area contributed by atoms with Crippen molar-refractivity contribution < 1.29 is 17.7 Å². The van der Waals surface area contributed by atoms with Gasteiger partial charge in [-0.05, 0) is 31.9 Å². The maximum atomic E-state index is 12.8. The van der Waals surface area contributed by atoms with E-state index in [0.717, 1.165) is 5.56 Å². The third-order valence-electron chi connectivity index (χ3n) is 4.98. The average molecular weight is 406 g/mol. The second-order valence-electron chi connectivity index (χ2n) is 8.31. The molecule has 0 aliphatic carbocycles. The molecular formula is C20H27N3O4S. The van der Waals surface area contributed by atoms with E-state index in [-0.39, 0.29) is 17.2 Å².